The third-order valence-corrected chi connectivity index (χ3v) is 3.83. The van der Waals surface area contributed by atoms with Crippen LogP contribution in [0.3, 0.4) is 0 Å². The van der Waals surface area contributed by atoms with Crippen molar-refractivity contribution in [3.63, 3.8) is 0 Å². The first-order valence-corrected chi connectivity index (χ1v) is 8.08. The average molecular weight is 292 g/mol. The highest BCUT2D eigenvalue weighted by molar-refractivity contribution is 5.59. The SMILES string of the molecule is CCCNc1ncnc(NC2CCOC(C)C2)c1C(C)C. The molecule has 0 aliphatic carbocycles. The molecule has 5 nitrogen and oxygen atoms in total. The molecular formula is C16H28N4O. The van der Waals surface area contributed by atoms with Crippen LogP contribution in [-0.4, -0.2) is 35.3 Å². The lowest BCUT2D eigenvalue weighted by Crippen LogP contribution is -2.33. The molecule has 2 rings (SSSR count). The zero-order chi connectivity index (χ0) is 15.2. The highest BCUT2D eigenvalue weighted by atomic mass is 16.5. The fourth-order valence-electron chi connectivity index (χ4n) is 2.76. The maximum atomic E-state index is 5.62. The largest absolute Gasteiger partial charge is 0.378 e. The Morgan fingerprint density at radius 3 is 2.76 bits per heavy atom. The van der Waals surface area contributed by atoms with Gasteiger partial charge >= 0.3 is 0 Å². The molecule has 0 saturated carbocycles. The van der Waals surface area contributed by atoms with Crippen LogP contribution < -0.4 is 10.6 Å². The van der Waals surface area contributed by atoms with Gasteiger partial charge in [-0.15, -0.1) is 0 Å². The molecule has 0 spiro atoms. The monoisotopic (exact) mass is 292 g/mol. The molecule has 5 heteroatoms. The van der Waals surface area contributed by atoms with Crippen LogP contribution in [0.4, 0.5) is 11.6 Å². The van der Waals surface area contributed by atoms with Crippen LogP contribution >= 0.6 is 0 Å². The first-order chi connectivity index (χ1) is 10.1. The summed E-state index contributed by atoms with van der Waals surface area (Å²) in [6, 6.07) is 0.431. The Morgan fingerprint density at radius 1 is 1.33 bits per heavy atom. The van der Waals surface area contributed by atoms with Crippen LogP contribution in [0.2, 0.25) is 0 Å². The molecule has 2 atom stereocenters. The van der Waals surface area contributed by atoms with Crippen molar-refractivity contribution >= 4 is 11.6 Å². The Hall–Kier alpha value is -1.36. The van der Waals surface area contributed by atoms with E-state index in [9.17, 15) is 0 Å². The van der Waals surface area contributed by atoms with Crippen molar-refractivity contribution in [2.24, 2.45) is 0 Å². The van der Waals surface area contributed by atoms with Gasteiger partial charge in [0.15, 0.2) is 0 Å². The predicted molar refractivity (Wildman–Crippen MR) is 87.0 cm³/mol. The van der Waals surface area contributed by atoms with Gasteiger partial charge in [-0.2, -0.15) is 0 Å². The molecule has 21 heavy (non-hydrogen) atoms. The summed E-state index contributed by atoms with van der Waals surface area (Å²) in [5, 5.41) is 7.02. The predicted octanol–water partition coefficient (Wildman–Crippen LogP) is 3.40. The van der Waals surface area contributed by atoms with Crippen LogP contribution in [-0.2, 0) is 4.74 Å². The Bertz CT molecular complexity index is 450. The van der Waals surface area contributed by atoms with Gasteiger partial charge in [0.1, 0.15) is 18.0 Å². The first kappa shape index (κ1) is 16.0. The van der Waals surface area contributed by atoms with Gasteiger partial charge < -0.3 is 15.4 Å². The first-order valence-electron chi connectivity index (χ1n) is 8.08. The number of aromatic nitrogens is 2. The number of hydrogen-bond donors (Lipinski definition) is 2. The van der Waals surface area contributed by atoms with Crippen molar-refractivity contribution < 1.29 is 4.74 Å². The maximum absolute atomic E-state index is 5.62. The van der Waals surface area contributed by atoms with E-state index in [0.717, 1.165) is 44.0 Å². The van der Waals surface area contributed by atoms with Gasteiger partial charge in [0.25, 0.3) is 0 Å². The molecule has 0 radical (unpaired) electrons. The minimum Gasteiger partial charge on any atom is -0.378 e. The molecule has 1 aliphatic rings. The van der Waals surface area contributed by atoms with Crippen LogP contribution in [0.5, 0.6) is 0 Å². The van der Waals surface area contributed by atoms with E-state index in [2.05, 4.69) is 48.3 Å². The number of ether oxygens (including phenoxy) is 1. The lowest BCUT2D eigenvalue weighted by atomic mass is 10.0. The molecule has 1 aromatic rings. The molecule has 118 valence electrons. The number of anilines is 2. The van der Waals surface area contributed by atoms with Crippen LogP contribution in [0.1, 0.15) is 58.4 Å². The van der Waals surface area contributed by atoms with E-state index < -0.39 is 0 Å². The van der Waals surface area contributed by atoms with Gasteiger partial charge in [-0.25, -0.2) is 9.97 Å². The third kappa shape index (κ3) is 4.30. The Labute approximate surface area is 127 Å². The summed E-state index contributed by atoms with van der Waals surface area (Å²) < 4.78 is 5.62. The molecule has 0 bridgehead atoms. The molecule has 2 N–H and O–H groups in total. The summed E-state index contributed by atoms with van der Waals surface area (Å²) in [5.74, 6) is 2.31. The smallest absolute Gasteiger partial charge is 0.135 e. The molecule has 2 unspecified atom stereocenters. The van der Waals surface area contributed by atoms with Crippen molar-refractivity contribution in [2.45, 2.75) is 65.0 Å². The minimum atomic E-state index is 0.318. The normalized spacial score (nSPS) is 22.3. The number of nitrogens with zero attached hydrogens (tertiary/aromatic N) is 2. The minimum absolute atomic E-state index is 0.318. The Morgan fingerprint density at radius 2 is 2.10 bits per heavy atom. The lowest BCUT2D eigenvalue weighted by Gasteiger charge is -2.29. The Kier molecular flexibility index (Phi) is 5.79. The number of rotatable bonds is 6. The second-order valence-electron chi connectivity index (χ2n) is 6.11. The fraction of sp³-hybridized carbons (Fsp3) is 0.750. The molecular weight excluding hydrogens is 264 g/mol. The van der Waals surface area contributed by atoms with E-state index in [4.69, 9.17) is 4.74 Å². The summed E-state index contributed by atoms with van der Waals surface area (Å²) in [5.41, 5.74) is 1.19. The average Bonchev–Trinajstić information content (AvgIpc) is 2.45. The van der Waals surface area contributed by atoms with Crippen LogP contribution in [0.15, 0.2) is 6.33 Å². The van der Waals surface area contributed by atoms with Gasteiger partial charge in [-0.05, 0) is 32.1 Å². The molecule has 1 aromatic heterocycles. The van der Waals surface area contributed by atoms with Crippen LogP contribution in [0.25, 0.3) is 0 Å². The lowest BCUT2D eigenvalue weighted by molar-refractivity contribution is 0.0231. The van der Waals surface area contributed by atoms with Gasteiger partial charge in [0.05, 0.1) is 6.10 Å². The fourth-order valence-corrected chi connectivity index (χ4v) is 2.76. The Balaban J connectivity index is 2.17. The molecule has 1 saturated heterocycles. The second kappa shape index (κ2) is 7.59. The van der Waals surface area contributed by atoms with Crippen molar-refractivity contribution in [1.29, 1.82) is 0 Å². The number of nitrogens with one attached hydrogen (secondary N) is 2. The third-order valence-electron chi connectivity index (χ3n) is 3.83. The zero-order valence-electron chi connectivity index (χ0n) is 13.6. The zero-order valence-corrected chi connectivity index (χ0v) is 13.6. The van der Waals surface area contributed by atoms with E-state index >= 15 is 0 Å². The van der Waals surface area contributed by atoms with E-state index in [1.165, 1.54) is 5.56 Å². The van der Waals surface area contributed by atoms with Gasteiger partial charge in [0, 0.05) is 24.8 Å². The second-order valence-corrected chi connectivity index (χ2v) is 6.11. The van der Waals surface area contributed by atoms with Crippen molar-refractivity contribution in [1.82, 2.24) is 9.97 Å². The van der Waals surface area contributed by atoms with Gasteiger partial charge in [-0.3, -0.25) is 0 Å². The summed E-state index contributed by atoms with van der Waals surface area (Å²) in [6.45, 7) is 10.4. The van der Waals surface area contributed by atoms with Crippen LogP contribution in [0, 0.1) is 0 Å². The highest BCUT2D eigenvalue weighted by Crippen LogP contribution is 2.30. The van der Waals surface area contributed by atoms with E-state index in [1.54, 1.807) is 6.33 Å². The van der Waals surface area contributed by atoms with Gasteiger partial charge in [0.2, 0.25) is 0 Å². The van der Waals surface area contributed by atoms with Gasteiger partial charge in [-0.1, -0.05) is 20.8 Å². The quantitative estimate of drug-likeness (QED) is 0.841. The van der Waals surface area contributed by atoms with Crippen molar-refractivity contribution in [3.05, 3.63) is 11.9 Å². The molecule has 0 amide bonds. The highest BCUT2D eigenvalue weighted by Gasteiger charge is 2.22. The van der Waals surface area contributed by atoms with Crippen molar-refractivity contribution in [2.75, 3.05) is 23.8 Å². The summed E-state index contributed by atoms with van der Waals surface area (Å²) in [7, 11) is 0. The molecule has 1 aliphatic heterocycles. The molecule has 0 aromatic carbocycles. The van der Waals surface area contributed by atoms with Crippen molar-refractivity contribution in [3.8, 4) is 0 Å². The molecule has 1 fully saturated rings. The van der Waals surface area contributed by atoms with E-state index in [1.807, 2.05) is 0 Å². The van der Waals surface area contributed by atoms with E-state index in [0.29, 0.717) is 18.1 Å². The topological polar surface area (TPSA) is 59.1 Å². The standard InChI is InChI=1S/C16H28N4O/c1-5-7-17-15-14(11(2)3)16(19-10-18-15)20-13-6-8-21-12(4)9-13/h10-13H,5-9H2,1-4H3,(H2,17,18,19,20). The summed E-state index contributed by atoms with van der Waals surface area (Å²) in [6.07, 6.45) is 5.11. The summed E-state index contributed by atoms with van der Waals surface area (Å²) in [4.78, 5) is 8.90. The van der Waals surface area contributed by atoms with E-state index in [-0.39, 0.29) is 0 Å². The maximum Gasteiger partial charge on any atom is 0.135 e. The number of hydrogen-bond acceptors (Lipinski definition) is 5. The summed E-state index contributed by atoms with van der Waals surface area (Å²) >= 11 is 0. The molecule has 2 heterocycles.